The lowest BCUT2D eigenvalue weighted by Gasteiger charge is -2.47. The highest BCUT2D eigenvalue weighted by Gasteiger charge is 2.52. The van der Waals surface area contributed by atoms with E-state index < -0.39 is 250 Å². The molecule has 7 aliphatic rings. The molecule has 35 nitrogen and oxygen atoms in total. The largest absolute Gasteiger partial charge is 0.508 e. The van der Waals surface area contributed by atoms with Gasteiger partial charge in [-0.2, -0.15) is 0 Å². The summed E-state index contributed by atoms with van der Waals surface area (Å²) in [5.41, 5.74) is 8.50. The molecular weight excluding hydrogens is 1500 g/mol. The second-order valence-electron chi connectivity index (χ2n) is 28.0. The molecule has 0 radical (unpaired) electrons. The molecule has 18 atom stereocenters. The van der Waals surface area contributed by atoms with Crippen LogP contribution in [0.25, 0.3) is 11.1 Å². The molecule has 2 saturated heterocycles. The summed E-state index contributed by atoms with van der Waals surface area (Å²) >= 11 is 14.2. The van der Waals surface area contributed by atoms with E-state index in [2.05, 4.69) is 47.9 Å². The molecule has 0 saturated carbocycles. The zero-order valence-corrected chi connectivity index (χ0v) is 61.4. The highest BCUT2D eigenvalue weighted by molar-refractivity contribution is 6.32. The molecule has 0 spiro atoms. The number of primary amides is 1. The first-order valence-corrected chi connectivity index (χ1v) is 35.7. The number of rotatable bonds is 16. The van der Waals surface area contributed by atoms with E-state index in [4.69, 9.17) is 63.1 Å². The number of phenolic OH excluding ortho intramolecular Hbond substituents is 3. The second kappa shape index (κ2) is 34.0. The number of hydrogen-bond donors (Lipinski definition) is 20. The lowest BCUT2D eigenvalue weighted by Crippen LogP contribution is -2.64. The maximum absolute atomic E-state index is 16.2. The molecule has 11 bridgehead atoms. The van der Waals surface area contributed by atoms with E-state index in [0.29, 0.717) is 5.69 Å². The van der Waals surface area contributed by atoms with Crippen molar-refractivity contribution in [3.8, 4) is 57.1 Å². The minimum atomic E-state index is -2.37. The van der Waals surface area contributed by atoms with Gasteiger partial charge in [0.1, 0.15) is 95.5 Å². The van der Waals surface area contributed by atoms with Crippen molar-refractivity contribution in [2.75, 3.05) is 25.5 Å². The zero-order valence-electron chi connectivity index (χ0n) is 59.9. The van der Waals surface area contributed by atoms with Crippen LogP contribution in [0.4, 0.5) is 5.69 Å². The first kappa shape index (κ1) is 81.5. The molecule has 37 heteroatoms. The van der Waals surface area contributed by atoms with Gasteiger partial charge in [-0.3, -0.25) is 43.2 Å². The Morgan fingerprint density at radius 3 is 1.93 bits per heavy atom. The van der Waals surface area contributed by atoms with Gasteiger partial charge < -0.3 is 134 Å². The number of phenols is 3. The van der Waals surface area contributed by atoms with E-state index in [1.165, 1.54) is 33.0 Å². The molecular formula is C74H83Cl2N11O24. The quantitative estimate of drug-likeness (QED) is 0.0636. The summed E-state index contributed by atoms with van der Waals surface area (Å²) in [5.74, 6) is -16.2. The van der Waals surface area contributed by atoms with Crippen LogP contribution in [-0.2, 0) is 57.4 Å². The predicted molar refractivity (Wildman–Crippen MR) is 390 cm³/mol. The maximum Gasteiger partial charge on any atom is 0.248 e. The SMILES string of the molecule is CNC(CC(C)C)C(=O)NC1C(=O)NC(CC(N)=O)C(=O)NC2C(=O)NC3C(=O)NC(C(=O)NC(C(=O)NCC(=O)Nc4ccccc4)c4cc(O)cc(O)c4-c4cc3ccc4O)C(O)c3ccc(c(Cl)c3)Oc3cc2cc(c3OC2OC(CO)C(O)C(O)C2OC2CC(C)(N)C(O)C(C)O2)Oc2ccc(cc2Cl)C1O. The van der Waals surface area contributed by atoms with Crippen LogP contribution in [0, 0.1) is 5.92 Å². The number of aliphatic hydroxyl groups excluding tert-OH is 6. The highest BCUT2D eigenvalue weighted by atomic mass is 35.5. The number of likely N-dealkylation sites (N-methyl/N-ethyl adjacent to an activating group) is 1. The number of anilines is 1. The fraction of sp³-hybridized carbons (Fsp3) is 0.392. The minimum absolute atomic E-state index is 0.106. The third kappa shape index (κ3) is 18.1. The van der Waals surface area contributed by atoms with E-state index in [1.54, 1.807) is 30.3 Å². The Morgan fingerprint density at radius 2 is 1.32 bits per heavy atom. The van der Waals surface area contributed by atoms with E-state index >= 15 is 19.2 Å². The summed E-state index contributed by atoms with van der Waals surface area (Å²) in [4.78, 5) is 133. The molecule has 6 aromatic carbocycles. The lowest BCUT2D eigenvalue weighted by atomic mass is 9.86. The van der Waals surface area contributed by atoms with Crippen molar-refractivity contribution in [2.45, 2.75) is 156 Å². The van der Waals surface area contributed by atoms with Gasteiger partial charge in [0, 0.05) is 34.8 Å². The standard InChI is InChI=1S/C74H83Cl2N11O24/c1-29(2)17-41(79-5)66(99)86-57-59(94)32-12-15-45(39(75)19-32)107-47-21-34-22-48(63(47)111-73-64(62(97)61(96)49(28-88)109-73)110-52-26-74(4,78)65(98)30(3)106-52)108-46-16-13-33(20-40(46)76)60(95)58-72(105)85-56(68(101)80-27-51(93)81-35-9-7-6-8-10-35)38-23-36(89)24-44(91)53(38)37-18-31(11-14-43(37)90)54(69(102)87-58)84-70(103)55(34)83-67(100)42(25-50(77)92)82-71(57)104/h6-16,18-24,29-30,41-42,49,52,54-62,64-65,73,79,88-91,94-98H,17,25-28,78H2,1-5H3,(H2,77,92)(H,80,101)(H,81,93)(H,82,104)(H,83,100)(H,84,103)(H,85,105)(H,86,99)(H,87,102). The number of para-hydroxylation sites is 1. The molecule has 22 N–H and O–H groups in total. The topological polar surface area (TPSA) is 551 Å². The number of fused-ring (bicyclic) bond motifs is 15. The molecule has 7 aliphatic heterocycles. The van der Waals surface area contributed by atoms with Gasteiger partial charge in [0.2, 0.25) is 65.2 Å². The number of aromatic hydroxyl groups is 3. The minimum Gasteiger partial charge on any atom is -0.508 e. The number of ether oxygens (including phenoxy) is 6. The van der Waals surface area contributed by atoms with Crippen LogP contribution in [0.2, 0.25) is 10.0 Å². The van der Waals surface area contributed by atoms with Gasteiger partial charge in [-0.15, -0.1) is 0 Å². The third-order valence-corrected chi connectivity index (χ3v) is 19.9. The summed E-state index contributed by atoms with van der Waals surface area (Å²) in [6.45, 7) is 4.88. The molecule has 6 aromatic rings. The highest BCUT2D eigenvalue weighted by Crippen LogP contribution is 2.50. The van der Waals surface area contributed by atoms with Gasteiger partial charge in [-0.25, -0.2) is 0 Å². The number of nitrogens with two attached hydrogens (primary N) is 2. The molecule has 13 rings (SSSR count). The Balaban J connectivity index is 1.14. The van der Waals surface area contributed by atoms with Gasteiger partial charge in [0.25, 0.3) is 0 Å². The third-order valence-electron chi connectivity index (χ3n) is 19.3. The molecule has 111 heavy (non-hydrogen) atoms. The summed E-state index contributed by atoms with van der Waals surface area (Å²) in [7, 11) is 1.47. The van der Waals surface area contributed by atoms with E-state index in [0.717, 1.165) is 66.7 Å². The number of halogens is 2. The van der Waals surface area contributed by atoms with Crippen molar-refractivity contribution in [1.29, 1.82) is 0 Å². The van der Waals surface area contributed by atoms with Gasteiger partial charge in [-0.1, -0.05) is 73.4 Å². The van der Waals surface area contributed by atoms with Gasteiger partial charge >= 0.3 is 0 Å². The van der Waals surface area contributed by atoms with Crippen LogP contribution in [-0.4, -0.2) is 198 Å². The van der Waals surface area contributed by atoms with Crippen molar-refractivity contribution >= 4 is 82.1 Å². The Hall–Kier alpha value is -10.5. The fourth-order valence-electron chi connectivity index (χ4n) is 13.5. The number of nitrogens with one attached hydrogen (secondary N) is 9. The van der Waals surface area contributed by atoms with Crippen molar-refractivity contribution in [1.82, 2.24) is 42.5 Å². The Kier molecular flexibility index (Phi) is 25.0. The molecule has 2 fully saturated rings. The van der Waals surface area contributed by atoms with Crippen LogP contribution in [0.3, 0.4) is 0 Å². The average molecular weight is 1580 g/mol. The van der Waals surface area contributed by atoms with Gasteiger partial charge in [0.05, 0.1) is 47.9 Å². The van der Waals surface area contributed by atoms with Crippen LogP contribution in [0.15, 0.2) is 109 Å². The maximum atomic E-state index is 16.2. The van der Waals surface area contributed by atoms with Crippen molar-refractivity contribution in [3.05, 3.63) is 147 Å². The molecule has 9 amide bonds. The summed E-state index contributed by atoms with van der Waals surface area (Å²) < 4.78 is 38.5. The zero-order chi connectivity index (χ0) is 80.4. The van der Waals surface area contributed by atoms with Gasteiger partial charge in [0.15, 0.2) is 23.9 Å². The van der Waals surface area contributed by atoms with Crippen molar-refractivity contribution < 1.29 is 118 Å². The average Bonchev–Trinajstić information content (AvgIpc) is 0.766. The number of benzene rings is 6. The Bertz CT molecular complexity index is 4580. The summed E-state index contributed by atoms with van der Waals surface area (Å²) in [6, 6.07) is 7.62. The number of hydrogen-bond acceptors (Lipinski definition) is 26. The number of carbonyl (C=O) groups is 9. The second-order valence-corrected chi connectivity index (χ2v) is 28.8. The van der Waals surface area contributed by atoms with Crippen molar-refractivity contribution in [3.63, 3.8) is 0 Å². The number of amides is 9. The summed E-state index contributed by atoms with van der Waals surface area (Å²) in [6.07, 6.45) is -18.7. The smallest absolute Gasteiger partial charge is 0.248 e. The lowest BCUT2D eigenvalue weighted by molar-refractivity contribution is -0.333. The van der Waals surface area contributed by atoms with Crippen LogP contribution >= 0.6 is 23.2 Å². The molecule has 0 aliphatic carbocycles. The number of carbonyl (C=O) groups excluding carboxylic acids is 9. The normalized spacial score (nSPS) is 27.7. The molecule has 18 unspecified atom stereocenters. The van der Waals surface area contributed by atoms with Gasteiger partial charge in [-0.05, 0) is 128 Å². The number of aliphatic hydroxyl groups is 6. The molecule has 592 valence electrons. The van der Waals surface area contributed by atoms with E-state index in [9.17, 15) is 69.9 Å². The predicted octanol–water partition coefficient (Wildman–Crippen LogP) is 0.776. The van der Waals surface area contributed by atoms with E-state index in [-0.39, 0.29) is 46.2 Å². The van der Waals surface area contributed by atoms with Crippen LogP contribution < -0.4 is 73.5 Å². The Labute approximate surface area is 642 Å². The first-order chi connectivity index (χ1) is 52.6. The first-order valence-electron chi connectivity index (χ1n) is 35.0. The van der Waals surface area contributed by atoms with E-state index in [1.807, 2.05) is 13.8 Å². The van der Waals surface area contributed by atoms with Crippen LogP contribution in [0.1, 0.15) is 105 Å². The monoisotopic (exact) mass is 1580 g/mol. The molecule has 7 heterocycles. The molecule has 0 aromatic heterocycles. The Morgan fingerprint density at radius 1 is 0.694 bits per heavy atom. The fourth-order valence-corrected chi connectivity index (χ4v) is 14.0. The van der Waals surface area contributed by atoms with Crippen LogP contribution in [0.5, 0.6) is 46.0 Å². The summed E-state index contributed by atoms with van der Waals surface area (Å²) in [5, 5.41) is 127. The van der Waals surface area contributed by atoms with Crippen molar-refractivity contribution in [2.24, 2.45) is 17.4 Å².